The number of urea groups is 1. The highest BCUT2D eigenvalue weighted by molar-refractivity contribution is 5.90. The van der Waals surface area contributed by atoms with Crippen molar-refractivity contribution in [2.75, 3.05) is 79.6 Å². The van der Waals surface area contributed by atoms with Crippen LogP contribution in [0.5, 0.6) is 11.5 Å². The van der Waals surface area contributed by atoms with E-state index in [-0.39, 0.29) is 109 Å². The van der Waals surface area contributed by atoms with E-state index < -0.39 is 142 Å². The lowest BCUT2D eigenvalue weighted by Crippen LogP contribution is -2.53. The van der Waals surface area contributed by atoms with E-state index in [1.54, 1.807) is 69.4 Å². The Hall–Kier alpha value is -9.07. The first-order valence-electron chi connectivity index (χ1n) is 36.9. The van der Waals surface area contributed by atoms with Gasteiger partial charge in [0.2, 0.25) is 64.4 Å². The number of carbonyl (C=O) groups is 10. The zero-order chi connectivity index (χ0) is 80.3. The molecule has 31 heteroatoms. The van der Waals surface area contributed by atoms with Gasteiger partial charge in [-0.25, -0.2) is 27.6 Å². The number of fused-ring (bicyclic) bond motifs is 1. The average molecular weight is 1540 g/mol. The average Bonchev–Trinajstić information content (AvgIpc) is 0.798. The SMILES string of the molecule is COc1ccc(CCCC(=O)NCCOCCOCCOCCOCCC(=O)NC(CC(=O)NCC2CCC(C(=O)N[C@@H](Cc3ccc4ccccc4c3)C(=O)NCCCC[C@H](NC(=O)N[C@@H](CCC(=O)OC(C)(C)C)C(=O)OC(C)(C)C)C(=O)OC(C)(C)C)CC2)CC(=O)Oc2c(F)c(F)c(F)c(F)c2F)cc1. The van der Waals surface area contributed by atoms with Gasteiger partial charge in [0, 0.05) is 63.7 Å². The van der Waals surface area contributed by atoms with Gasteiger partial charge >= 0.3 is 29.9 Å². The fraction of sp³-hybridized carbons (Fsp3) is 0.590. The van der Waals surface area contributed by atoms with Crippen molar-refractivity contribution < 1.29 is 113 Å². The Morgan fingerprint density at radius 2 is 1.03 bits per heavy atom. The summed E-state index contributed by atoms with van der Waals surface area (Å²) in [5.74, 6) is -19.9. The van der Waals surface area contributed by atoms with E-state index >= 15 is 0 Å². The zero-order valence-electron chi connectivity index (χ0n) is 64.1. The minimum Gasteiger partial charge on any atom is -0.497 e. The van der Waals surface area contributed by atoms with Gasteiger partial charge in [0.15, 0.2) is 0 Å². The van der Waals surface area contributed by atoms with E-state index in [1.807, 2.05) is 66.7 Å². The lowest BCUT2D eigenvalue weighted by atomic mass is 9.81. The third-order valence-corrected chi connectivity index (χ3v) is 16.7. The fourth-order valence-electron chi connectivity index (χ4n) is 11.4. The highest BCUT2D eigenvalue weighted by Crippen LogP contribution is 2.31. The van der Waals surface area contributed by atoms with Gasteiger partial charge in [-0.3, -0.25) is 33.6 Å². The summed E-state index contributed by atoms with van der Waals surface area (Å²) in [4.78, 5) is 133. The summed E-state index contributed by atoms with van der Waals surface area (Å²) in [6.07, 6.45) is 1.94. The zero-order valence-corrected chi connectivity index (χ0v) is 64.1. The van der Waals surface area contributed by atoms with Crippen LogP contribution in [0.3, 0.4) is 0 Å². The number of nitrogens with one attached hydrogen (secondary N) is 7. The third kappa shape index (κ3) is 35.4. The van der Waals surface area contributed by atoms with Gasteiger partial charge in [0.1, 0.15) is 40.7 Å². The van der Waals surface area contributed by atoms with E-state index in [2.05, 4.69) is 42.0 Å². The maximum Gasteiger partial charge on any atom is 0.329 e. The van der Waals surface area contributed by atoms with Crippen LogP contribution in [0.25, 0.3) is 10.8 Å². The molecule has 0 aromatic heterocycles. The lowest BCUT2D eigenvalue weighted by molar-refractivity contribution is -0.159. The number of ether oxygens (including phenoxy) is 9. The molecular formula is C78H108F5N7O19. The molecule has 4 aromatic carbocycles. The van der Waals surface area contributed by atoms with Crippen LogP contribution in [0.2, 0.25) is 0 Å². The Balaban J connectivity index is 1.08. The number of unbranched alkanes of at least 4 members (excludes halogenated alkanes) is 1. The smallest absolute Gasteiger partial charge is 0.329 e. The standard InChI is InChI=1S/C78H108F5N7O19/c1-76(2,3)107-63(94)32-31-58(74(99)109-78(7,8)9)90-75(100)89-57(73(98)108-77(4,5)6)19-13-14-34-85-72(97)59(45-51-23-26-52-17-11-12-18-54(52)44-51)88-71(96)53-27-21-50(22-28-53)48-86-62(93)46-55(47-64(95)106-70-68(82)66(80)65(79)67(81)69(70)83)87-61(92)33-36-102-38-40-104-42-43-105-41-39-103-37-35-84-60(91)20-15-16-49-24-29-56(101-10)30-25-49/h11-12,17-18,23-26,29-30,44,50,53,55,57-59H,13-16,19-22,27-28,31-43,45-48H2,1-10H3,(H,84,91)(H,85,97)(H,86,93)(H,87,92)(H,88,96)(H2,89,90,100)/t50?,53?,55?,57-,58-,59-/m0/s1. The molecule has 1 fully saturated rings. The fourth-order valence-corrected chi connectivity index (χ4v) is 11.4. The molecule has 4 atom stereocenters. The molecule has 1 saturated carbocycles. The van der Waals surface area contributed by atoms with Gasteiger partial charge in [-0.1, -0.05) is 54.6 Å². The number of rotatable bonds is 45. The Labute approximate surface area is 633 Å². The van der Waals surface area contributed by atoms with Crippen molar-refractivity contribution in [3.63, 3.8) is 0 Å². The topological polar surface area (TPSA) is 338 Å². The number of amides is 7. The molecule has 5 rings (SSSR count). The second-order valence-electron chi connectivity index (χ2n) is 29.5. The molecule has 7 amide bonds. The third-order valence-electron chi connectivity index (χ3n) is 16.7. The first kappa shape index (κ1) is 90.5. The van der Waals surface area contributed by atoms with Crippen LogP contribution in [0.15, 0.2) is 66.7 Å². The number of methoxy groups -OCH3 is 1. The Bertz CT molecular complexity index is 3610. The van der Waals surface area contributed by atoms with Crippen LogP contribution in [0, 0.1) is 40.9 Å². The summed E-state index contributed by atoms with van der Waals surface area (Å²) in [6.45, 7) is 16.9. The molecule has 0 spiro atoms. The number of hydrogen-bond acceptors (Lipinski definition) is 19. The van der Waals surface area contributed by atoms with Crippen molar-refractivity contribution in [3.05, 3.63) is 107 Å². The van der Waals surface area contributed by atoms with E-state index in [1.165, 1.54) is 0 Å². The molecule has 0 bridgehead atoms. The van der Waals surface area contributed by atoms with E-state index in [9.17, 15) is 69.9 Å². The molecule has 4 aromatic rings. The minimum atomic E-state index is -2.48. The van der Waals surface area contributed by atoms with Crippen LogP contribution < -0.4 is 46.7 Å². The largest absolute Gasteiger partial charge is 0.497 e. The Morgan fingerprint density at radius 3 is 1.61 bits per heavy atom. The molecule has 0 saturated heterocycles. The van der Waals surface area contributed by atoms with Crippen molar-refractivity contribution in [1.82, 2.24) is 37.2 Å². The van der Waals surface area contributed by atoms with E-state index in [0.29, 0.717) is 64.7 Å². The lowest BCUT2D eigenvalue weighted by Gasteiger charge is -2.29. The van der Waals surface area contributed by atoms with Gasteiger partial charge in [-0.2, -0.15) is 8.78 Å². The Kier molecular flexibility index (Phi) is 38.0. The first-order valence-corrected chi connectivity index (χ1v) is 36.9. The van der Waals surface area contributed by atoms with Crippen LogP contribution in [-0.4, -0.2) is 180 Å². The van der Waals surface area contributed by atoms with Crippen molar-refractivity contribution in [1.29, 1.82) is 0 Å². The highest BCUT2D eigenvalue weighted by Gasteiger charge is 2.35. The number of hydrogen-bond donors (Lipinski definition) is 7. The predicted molar refractivity (Wildman–Crippen MR) is 391 cm³/mol. The monoisotopic (exact) mass is 1540 g/mol. The maximum atomic E-state index is 14.5. The summed E-state index contributed by atoms with van der Waals surface area (Å²) in [7, 11) is 1.60. The molecule has 604 valence electrons. The van der Waals surface area contributed by atoms with Gasteiger partial charge in [0.05, 0.1) is 66.4 Å². The number of esters is 4. The number of benzene rings is 4. The van der Waals surface area contributed by atoms with Crippen LogP contribution in [0.4, 0.5) is 26.7 Å². The molecule has 0 heterocycles. The quantitative estimate of drug-likeness (QED) is 0.00412. The highest BCUT2D eigenvalue weighted by atomic mass is 19.2. The van der Waals surface area contributed by atoms with Gasteiger partial charge in [-0.15, -0.1) is 0 Å². The second-order valence-corrected chi connectivity index (χ2v) is 29.5. The van der Waals surface area contributed by atoms with E-state index in [4.69, 9.17) is 37.9 Å². The van der Waals surface area contributed by atoms with Crippen molar-refractivity contribution in [2.24, 2.45) is 11.8 Å². The van der Waals surface area contributed by atoms with Gasteiger partial charge in [0.25, 0.3) is 0 Å². The summed E-state index contributed by atoms with van der Waals surface area (Å²) >= 11 is 0. The molecular weight excluding hydrogens is 1430 g/mol. The van der Waals surface area contributed by atoms with Gasteiger partial charge in [-0.05, 0) is 166 Å². The number of aryl methyl sites for hydroxylation is 1. The molecule has 0 aliphatic heterocycles. The normalized spacial score (nSPS) is 14.9. The molecule has 1 unspecified atom stereocenters. The van der Waals surface area contributed by atoms with Crippen molar-refractivity contribution >= 4 is 70.2 Å². The summed E-state index contributed by atoms with van der Waals surface area (Å²) < 4.78 is 119. The maximum absolute atomic E-state index is 14.5. The van der Waals surface area contributed by atoms with Crippen LogP contribution in [0.1, 0.15) is 163 Å². The summed E-state index contributed by atoms with van der Waals surface area (Å²) in [6, 6.07) is 15.2. The summed E-state index contributed by atoms with van der Waals surface area (Å²) in [5.41, 5.74) is -0.805. The second kappa shape index (κ2) is 45.8. The minimum absolute atomic E-state index is 0.0436. The number of carbonyl (C=O) groups excluding carboxylic acids is 10. The first-order chi connectivity index (χ1) is 51.6. The van der Waals surface area contributed by atoms with Crippen LogP contribution in [-0.2, 0) is 89.2 Å². The molecule has 7 N–H and O–H groups in total. The van der Waals surface area contributed by atoms with Crippen molar-refractivity contribution in [3.8, 4) is 11.5 Å². The van der Waals surface area contributed by atoms with Crippen molar-refractivity contribution in [2.45, 2.75) is 206 Å². The molecule has 0 radical (unpaired) electrons. The van der Waals surface area contributed by atoms with Gasteiger partial charge < -0.3 is 79.8 Å². The molecule has 1 aliphatic rings. The molecule has 109 heavy (non-hydrogen) atoms. The summed E-state index contributed by atoms with van der Waals surface area (Å²) in [5, 5.41) is 20.9. The molecule has 1 aliphatic carbocycles. The predicted octanol–water partition coefficient (Wildman–Crippen LogP) is 9.09. The Morgan fingerprint density at radius 1 is 0.477 bits per heavy atom. The van der Waals surface area contributed by atoms with Crippen LogP contribution >= 0.6 is 0 Å². The molecule has 26 nitrogen and oxygen atoms in total. The van der Waals surface area contributed by atoms with E-state index in [0.717, 1.165) is 34.1 Å². The number of halogens is 5.